The van der Waals surface area contributed by atoms with Crippen molar-refractivity contribution in [3.05, 3.63) is 94.0 Å². The summed E-state index contributed by atoms with van der Waals surface area (Å²) >= 11 is 12.4. The summed E-state index contributed by atoms with van der Waals surface area (Å²) in [6.07, 6.45) is 2.31. The Labute approximate surface area is 265 Å². The molecule has 3 aromatic carbocycles. The van der Waals surface area contributed by atoms with E-state index in [1.54, 1.807) is 18.1 Å². The van der Waals surface area contributed by atoms with Gasteiger partial charge in [-0.15, -0.1) is 0 Å². The van der Waals surface area contributed by atoms with E-state index in [-0.39, 0.29) is 54.5 Å². The summed E-state index contributed by atoms with van der Waals surface area (Å²) < 4.78 is 31.9. The molecule has 0 fully saturated rings. The SMILES string of the molecule is CC[C@@H](C)NC(=O)[C@H](Cc1ccccc1)N(Cc1cccc(OC)c1)C(=O)CCCN(c1cc(Cl)ccc1Cl)S(C)(=O)=O. The van der Waals surface area contributed by atoms with E-state index in [2.05, 4.69) is 5.32 Å². The van der Waals surface area contributed by atoms with Gasteiger partial charge in [0.25, 0.3) is 0 Å². The van der Waals surface area contributed by atoms with Crippen LogP contribution in [0.5, 0.6) is 5.75 Å². The highest BCUT2D eigenvalue weighted by Gasteiger charge is 2.31. The Hall–Kier alpha value is -3.27. The molecule has 11 heteroatoms. The van der Waals surface area contributed by atoms with Crippen molar-refractivity contribution in [2.24, 2.45) is 0 Å². The highest BCUT2D eigenvalue weighted by Crippen LogP contribution is 2.31. The lowest BCUT2D eigenvalue weighted by Gasteiger charge is -2.33. The molecule has 0 unspecified atom stereocenters. The summed E-state index contributed by atoms with van der Waals surface area (Å²) in [4.78, 5) is 29.3. The molecule has 232 valence electrons. The van der Waals surface area contributed by atoms with E-state index in [4.69, 9.17) is 27.9 Å². The maximum absolute atomic E-state index is 14.0. The van der Waals surface area contributed by atoms with Crippen molar-refractivity contribution in [2.45, 2.75) is 58.2 Å². The van der Waals surface area contributed by atoms with E-state index < -0.39 is 16.1 Å². The number of halogens is 2. The highest BCUT2D eigenvalue weighted by molar-refractivity contribution is 7.92. The third-order valence-electron chi connectivity index (χ3n) is 7.09. The van der Waals surface area contributed by atoms with Crippen molar-refractivity contribution in [2.75, 3.05) is 24.2 Å². The lowest BCUT2D eigenvalue weighted by molar-refractivity contribution is -0.141. The Morgan fingerprint density at radius 3 is 2.33 bits per heavy atom. The molecule has 3 rings (SSSR count). The number of rotatable bonds is 15. The molecule has 1 N–H and O–H groups in total. The van der Waals surface area contributed by atoms with E-state index >= 15 is 0 Å². The largest absolute Gasteiger partial charge is 0.497 e. The molecular formula is C32H39Cl2N3O5S. The van der Waals surface area contributed by atoms with Gasteiger partial charge in [0, 0.05) is 37.0 Å². The fourth-order valence-electron chi connectivity index (χ4n) is 4.62. The predicted molar refractivity (Wildman–Crippen MR) is 173 cm³/mol. The fourth-order valence-corrected chi connectivity index (χ4v) is 6.03. The topological polar surface area (TPSA) is 96.0 Å². The van der Waals surface area contributed by atoms with Crippen LogP contribution in [0.25, 0.3) is 0 Å². The van der Waals surface area contributed by atoms with Crippen LogP contribution in [-0.4, -0.2) is 57.1 Å². The summed E-state index contributed by atoms with van der Waals surface area (Å²) in [5.74, 6) is 0.0994. The first-order valence-electron chi connectivity index (χ1n) is 14.1. The molecule has 2 atom stereocenters. The van der Waals surface area contributed by atoms with Crippen LogP contribution in [0.3, 0.4) is 0 Å². The zero-order valence-corrected chi connectivity index (χ0v) is 27.3. The van der Waals surface area contributed by atoms with Crippen LogP contribution >= 0.6 is 23.2 Å². The zero-order valence-electron chi connectivity index (χ0n) is 24.9. The normalized spacial score (nSPS) is 12.7. The first-order chi connectivity index (χ1) is 20.4. The van der Waals surface area contributed by atoms with Gasteiger partial charge in [0.2, 0.25) is 21.8 Å². The third kappa shape index (κ3) is 10.2. The van der Waals surface area contributed by atoms with E-state index in [0.717, 1.165) is 28.1 Å². The molecule has 0 aliphatic rings. The van der Waals surface area contributed by atoms with E-state index in [9.17, 15) is 18.0 Å². The Kier molecular flexibility index (Phi) is 12.7. The third-order valence-corrected chi connectivity index (χ3v) is 8.82. The summed E-state index contributed by atoms with van der Waals surface area (Å²) in [6, 6.07) is 20.6. The molecule has 0 aliphatic carbocycles. The number of nitrogens with zero attached hydrogens (tertiary/aromatic N) is 2. The highest BCUT2D eigenvalue weighted by atomic mass is 35.5. The second-order valence-corrected chi connectivity index (χ2v) is 13.2. The van der Waals surface area contributed by atoms with E-state index in [1.165, 1.54) is 12.1 Å². The maximum Gasteiger partial charge on any atom is 0.243 e. The Morgan fingerprint density at radius 1 is 0.977 bits per heavy atom. The van der Waals surface area contributed by atoms with Crippen LogP contribution in [0.15, 0.2) is 72.8 Å². The summed E-state index contributed by atoms with van der Waals surface area (Å²) in [7, 11) is -2.16. The zero-order chi connectivity index (χ0) is 31.6. The quantitative estimate of drug-likeness (QED) is 0.215. The first kappa shape index (κ1) is 34.2. The van der Waals surface area contributed by atoms with Gasteiger partial charge < -0.3 is 15.0 Å². The second kappa shape index (κ2) is 16.0. The van der Waals surface area contributed by atoms with Gasteiger partial charge in [-0.05, 0) is 61.2 Å². The number of sulfonamides is 1. The Morgan fingerprint density at radius 2 is 1.67 bits per heavy atom. The lowest BCUT2D eigenvalue weighted by atomic mass is 10.0. The van der Waals surface area contributed by atoms with Gasteiger partial charge in [0.1, 0.15) is 11.8 Å². The van der Waals surface area contributed by atoms with Gasteiger partial charge in [0.15, 0.2) is 0 Å². The number of benzene rings is 3. The molecule has 0 saturated heterocycles. The van der Waals surface area contributed by atoms with Crippen molar-refractivity contribution >= 4 is 50.7 Å². The van der Waals surface area contributed by atoms with Gasteiger partial charge in [0.05, 0.1) is 24.1 Å². The average Bonchev–Trinajstić information content (AvgIpc) is 2.98. The number of hydrogen-bond donors (Lipinski definition) is 1. The number of nitrogens with one attached hydrogen (secondary N) is 1. The molecule has 0 saturated carbocycles. The minimum Gasteiger partial charge on any atom is -0.497 e. The van der Waals surface area contributed by atoms with Crippen LogP contribution in [0.1, 0.15) is 44.2 Å². The van der Waals surface area contributed by atoms with Crippen LogP contribution in [0.2, 0.25) is 10.0 Å². The monoisotopic (exact) mass is 647 g/mol. The molecular weight excluding hydrogens is 609 g/mol. The van der Waals surface area contributed by atoms with Crippen molar-refractivity contribution in [1.29, 1.82) is 0 Å². The van der Waals surface area contributed by atoms with Crippen LogP contribution in [0, 0.1) is 0 Å². The smallest absolute Gasteiger partial charge is 0.243 e. The summed E-state index contributed by atoms with van der Waals surface area (Å²) in [5.41, 5.74) is 1.95. The molecule has 3 aromatic rings. The Bertz CT molecular complexity index is 1490. The van der Waals surface area contributed by atoms with Gasteiger partial charge in [-0.25, -0.2) is 8.42 Å². The molecule has 0 aromatic heterocycles. The Balaban J connectivity index is 1.93. The first-order valence-corrected chi connectivity index (χ1v) is 16.7. The van der Waals surface area contributed by atoms with Gasteiger partial charge in [-0.1, -0.05) is 72.6 Å². The van der Waals surface area contributed by atoms with Crippen molar-refractivity contribution < 1.29 is 22.7 Å². The number of amides is 2. The van der Waals surface area contributed by atoms with Gasteiger partial charge in [-0.3, -0.25) is 13.9 Å². The van der Waals surface area contributed by atoms with E-state index in [1.807, 2.05) is 68.4 Å². The van der Waals surface area contributed by atoms with E-state index in [0.29, 0.717) is 17.2 Å². The summed E-state index contributed by atoms with van der Waals surface area (Å²) in [5, 5.41) is 3.61. The molecule has 8 nitrogen and oxygen atoms in total. The van der Waals surface area contributed by atoms with Gasteiger partial charge in [-0.2, -0.15) is 0 Å². The van der Waals surface area contributed by atoms with Crippen LogP contribution in [0.4, 0.5) is 5.69 Å². The number of methoxy groups -OCH3 is 1. The second-order valence-electron chi connectivity index (χ2n) is 10.4. The average molecular weight is 649 g/mol. The standard InChI is InChI=1S/C32H39Cl2N3O5S/c1-5-23(2)35-32(39)30(20-24-11-7-6-8-12-24)36(22-25-13-9-14-27(19-25)42-3)31(38)15-10-18-37(43(4,40)41)29-21-26(33)16-17-28(29)34/h6-9,11-14,16-17,19,21,23,30H,5,10,15,18,20,22H2,1-4H3,(H,35,39)/t23-,30+/m1/s1. The number of hydrogen-bond acceptors (Lipinski definition) is 5. The minimum absolute atomic E-state index is 0.0000521. The fraction of sp³-hybridized carbons (Fsp3) is 0.375. The maximum atomic E-state index is 14.0. The minimum atomic E-state index is -3.73. The van der Waals surface area contributed by atoms with Gasteiger partial charge >= 0.3 is 0 Å². The number of carbonyl (C=O) groups excluding carboxylic acids is 2. The van der Waals surface area contributed by atoms with Crippen molar-refractivity contribution in [1.82, 2.24) is 10.2 Å². The molecule has 0 bridgehead atoms. The number of carbonyl (C=O) groups is 2. The van der Waals surface area contributed by atoms with Crippen molar-refractivity contribution in [3.8, 4) is 5.75 Å². The number of ether oxygens (including phenoxy) is 1. The predicted octanol–water partition coefficient (Wildman–Crippen LogP) is 6.10. The molecule has 0 heterocycles. The van der Waals surface area contributed by atoms with Crippen molar-refractivity contribution in [3.63, 3.8) is 0 Å². The molecule has 0 radical (unpaired) electrons. The molecule has 43 heavy (non-hydrogen) atoms. The number of anilines is 1. The molecule has 0 aliphatic heterocycles. The van der Waals surface area contributed by atoms with Crippen LogP contribution < -0.4 is 14.4 Å². The van der Waals surface area contributed by atoms with Crippen LogP contribution in [-0.2, 0) is 32.6 Å². The molecule has 0 spiro atoms. The molecule has 2 amide bonds. The summed E-state index contributed by atoms with van der Waals surface area (Å²) in [6.45, 7) is 4.07. The lowest BCUT2D eigenvalue weighted by Crippen LogP contribution is -2.52.